The first-order valence-corrected chi connectivity index (χ1v) is 17.9. The Morgan fingerprint density at radius 3 is 2.49 bits per heavy atom. The van der Waals surface area contributed by atoms with Crippen LogP contribution in [0.1, 0.15) is 36.0 Å². The van der Waals surface area contributed by atoms with E-state index in [4.69, 9.17) is 9.47 Å². The first kappa shape index (κ1) is 32.7. The lowest BCUT2D eigenvalue weighted by molar-refractivity contribution is -0.268. The van der Waals surface area contributed by atoms with Crippen LogP contribution in [0.5, 0.6) is 5.75 Å². The Morgan fingerprint density at radius 1 is 0.918 bits per heavy atom. The van der Waals surface area contributed by atoms with Crippen LogP contribution in [-0.4, -0.2) is 55.7 Å². The molecule has 250 valence electrons. The second kappa shape index (κ2) is 13.9. The number of para-hydroxylation sites is 1. The highest BCUT2D eigenvalue weighted by Crippen LogP contribution is 2.43. The Balaban J connectivity index is 1.16. The number of aromatic nitrogens is 5. The van der Waals surface area contributed by atoms with Gasteiger partial charge in [-0.3, -0.25) is 9.71 Å². The maximum atomic E-state index is 13.6. The fourth-order valence-corrected chi connectivity index (χ4v) is 8.03. The predicted octanol–water partition coefficient (Wildman–Crippen LogP) is 5.79. The number of aromatic hydroxyl groups is 1. The number of aliphatic hydroxyl groups is 1. The van der Waals surface area contributed by atoms with Crippen LogP contribution >= 0.6 is 11.8 Å². The molecule has 4 atom stereocenters. The molecule has 49 heavy (non-hydrogen) atoms. The van der Waals surface area contributed by atoms with Gasteiger partial charge < -0.3 is 19.7 Å². The lowest BCUT2D eigenvalue weighted by Gasteiger charge is -2.41. The summed E-state index contributed by atoms with van der Waals surface area (Å²) in [4.78, 5) is 4.38. The van der Waals surface area contributed by atoms with E-state index < -0.39 is 16.3 Å². The summed E-state index contributed by atoms with van der Waals surface area (Å²) in [6, 6.07) is 29.8. The number of pyridine rings is 1. The van der Waals surface area contributed by atoms with Crippen molar-refractivity contribution in [1.82, 2.24) is 25.2 Å². The van der Waals surface area contributed by atoms with Crippen LogP contribution in [0.25, 0.3) is 16.6 Å². The van der Waals surface area contributed by atoms with Crippen molar-refractivity contribution < 1.29 is 28.1 Å². The molecule has 0 aliphatic carbocycles. The molecule has 14 heteroatoms. The van der Waals surface area contributed by atoms with E-state index in [0.29, 0.717) is 33.4 Å². The number of phenols is 1. The van der Waals surface area contributed by atoms with Crippen molar-refractivity contribution >= 4 is 38.4 Å². The first-order valence-electron chi connectivity index (χ1n) is 15.5. The number of rotatable bonds is 10. The third kappa shape index (κ3) is 7.00. The molecule has 2 aromatic heterocycles. The SMILES string of the molecule is C[C@H]1[C@@H](CSc2nnnn2-c2ccc(O)cc2)OC(c2cccc(NS(=O)(=O)c3cccc4cccnc34)c2)O[C@H]1c1ccc(CO)cc1. The third-order valence-electron chi connectivity index (χ3n) is 8.33. The summed E-state index contributed by atoms with van der Waals surface area (Å²) in [7, 11) is -3.98. The normalized spacial score (nSPS) is 19.6. The molecule has 12 nitrogen and oxygen atoms in total. The van der Waals surface area contributed by atoms with Crippen LogP contribution in [0.2, 0.25) is 0 Å². The van der Waals surface area contributed by atoms with Gasteiger partial charge in [0.25, 0.3) is 10.0 Å². The van der Waals surface area contributed by atoms with Crippen molar-refractivity contribution in [1.29, 1.82) is 0 Å². The Hall–Kier alpha value is -4.86. The second-order valence-electron chi connectivity index (χ2n) is 11.6. The Bertz CT molecular complexity index is 2170. The number of sulfonamides is 1. The topological polar surface area (TPSA) is 162 Å². The third-order valence-corrected chi connectivity index (χ3v) is 10.8. The number of phenolic OH excluding ortho intramolecular Hbond substituents is 1. The molecule has 3 N–H and O–H groups in total. The first-order chi connectivity index (χ1) is 23.8. The number of thioether (sulfide) groups is 1. The van der Waals surface area contributed by atoms with Crippen molar-refractivity contribution in [3.8, 4) is 11.4 Å². The summed E-state index contributed by atoms with van der Waals surface area (Å²) in [6.07, 6.45) is 0.0171. The van der Waals surface area contributed by atoms with E-state index in [1.165, 1.54) is 17.8 Å². The minimum atomic E-state index is -3.98. The number of aliphatic hydroxyl groups excluding tert-OH is 1. The molecule has 3 heterocycles. The molecule has 0 radical (unpaired) electrons. The van der Waals surface area contributed by atoms with Crippen molar-refractivity contribution in [2.75, 3.05) is 10.5 Å². The van der Waals surface area contributed by atoms with Gasteiger partial charge in [-0.1, -0.05) is 73.3 Å². The zero-order chi connectivity index (χ0) is 34.0. The summed E-state index contributed by atoms with van der Waals surface area (Å²) in [6.45, 7) is 1.98. The van der Waals surface area contributed by atoms with Crippen molar-refractivity contribution in [3.63, 3.8) is 0 Å². The summed E-state index contributed by atoms with van der Waals surface area (Å²) in [5, 5.41) is 32.8. The Morgan fingerprint density at radius 2 is 1.69 bits per heavy atom. The molecule has 0 bridgehead atoms. The van der Waals surface area contributed by atoms with Gasteiger partial charge in [-0.25, -0.2) is 8.42 Å². The molecule has 0 saturated carbocycles. The van der Waals surface area contributed by atoms with Crippen LogP contribution < -0.4 is 4.72 Å². The van der Waals surface area contributed by atoms with E-state index in [-0.39, 0.29) is 35.4 Å². The van der Waals surface area contributed by atoms with Gasteiger partial charge >= 0.3 is 0 Å². The van der Waals surface area contributed by atoms with Crippen molar-refractivity contribution in [3.05, 3.63) is 126 Å². The van der Waals surface area contributed by atoms with Gasteiger partial charge in [-0.15, -0.1) is 5.10 Å². The zero-order valence-corrected chi connectivity index (χ0v) is 27.8. The quantitative estimate of drug-likeness (QED) is 0.149. The number of tetrazole rings is 1. The largest absolute Gasteiger partial charge is 0.508 e. The van der Waals surface area contributed by atoms with E-state index in [1.807, 2.05) is 42.5 Å². The minimum Gasteiger partial charge on any atom is -0.508 e. The summed E-state index contributed by atoms with van der Waals surface area (Å²) >= 11 is 1.43. The molecular formula is C35H32N6O6S2. The highest BCUT2D eigenvalue weighted by Gasteiger charge is 2.39. The number of ether oxygens (including phenoxy) is 2. The molecule has 6 aromatic rings. The number of hydrogen-bond acceptors (Lipinski definition) is 11. The Labute approximate surface area is 286 Å². The molecular weight excluding hydrogens is 665 g/mol. The number of nitrogens with zero attached hydrogens (tertiary/aromatic N) is 5. The molecule has 1 aliphatic rings. The highest BCUT2D eigenvalue weighted by molar-refractivity contribution is 7.99. The lowest BCUT2D eigenvalue weighted by Crippen LogP contribution is -2.38. The van der Waals surface area contributed by atoms with E-state index >= 15 is 0 Å². The summed E-state index contributed by atoms with van der Waals surface area (Å²) < 4.78 is 44.6. The summed E-state index contributed by atoms with van der Waals surface area (Å²) in [5.41, 5.74) is 3.76. The van der Waals surface area contributed by atoms with Gasteiger partial charge in [0.15, 0.2) is 6.29 Å². The van der Waals surface area contributed by atoms with Crippen LogP contribution in [0.4, 0.5) is 5.69 Å². The molecule has 4 aromatic carbocycles. The number of hydrogen-bond donors (Lipinski definition) is 3. The molecule has 0 amide bonds. The second-order valence-corrected chi connectivity index (χ2v) is 14.2. The van der Waals surface area contributed by atoms with E-state index in [1.54, 1.807) is 65.5 Å². The zero-order valence-electron chi connectivity index (χ0n) is 26.2. The standard InChI is InChI=1S/C35H32N6O6S2/c1-22-30(21-48-35-37-39-40-41(35)28-14-16-29(43)17-15-28)46-34(47-33(22)25-12-10-23(20-42)11-13-25)26-6-2-8-27(19-26)38-49(44,45)31-9-3-5-24-7-4-18-36-32(24)31/h2-19,22,30,33-34,38,42-43H,20-21H2,1H3/t22-,30+,33+,34?/m0/s1. The average Bonchev–Trinajstić information content (AvgIpc) is 3.60. The minimum absolute atomic E-state index is 0.0698. The molecule has 1 fully saturated rings. The number of anilines is 1. The average molecular weight is 697 g/mol. The van der Waals surface area contributed by atoms with Crippen LogP contribution in [0.3, 0.4) is 0 Å². The smallest absolute Gasteiger partial charge is 0.264 e. The van der Waals surface area contributed by atoms with Gasteiger partial charge in [0.1, 0.15) is 10.6 Å². The monoisotopic (exact) mass is 696 g/mol. The predicted molar refractivity (Wildman–Crippen MR) is 184 cm³/mol. The molecule has 1 saturated heterocycles. The van der Waals surface area contributed by atoms with Gasteiger partial charge in [0.2, 0.25) is 5.16 Å². The van der Waals surface area contributed by atoms with Gasteiger partial charge in [-0.2, -0.15) is 4.68 Å². The maximum absolute atomic E-state index is 13.6. The Kier molecular flexibility index (Phi) is 9.29. The number of nitrogens with one attached hydrogen (secondary N) is 1. The fraction of sp³-hybridized carbons (Fsp3) is 0.200. The van der Waals surface area contributed by atoms with Crippen molar-refractivity contribution in [2.24, 2.45) is 5.92 Å². The van der Waals surface area contributed by atoms with E-state index in [9.17, 15) is 18.6 Å². The molecule has 0 spiro atoms. The molecule has 1 unspecified atom stereocenters. The molecule has 7 rings (SSSR count). The molecule has 1 aliphatic heterocycles. The van der Waals surface area contributed by atoms with E-state index in [2.05, 4.69) is 32.2 Å². The number of benzene rings is 4. The maximum Gasteiger partial charge on any atom is 0.264 e. The number of fused-ring (bicyclic) bond motifs is 1. The van der Waals surface area contributed by atoms with Gasteiger partial charge in [-0.05, 0) is 70.1 Å². The summed E-state index contributed by atoms with van der Waals surface area (Å²) in [5.74, 6) is 0.509. The van der Waals surface area contributed by atoms with Crippen LogP contribution in [0, 0.1) is 5.92 Å². The van der Waals surface area contributed by atoms with Gasteiger partial charge in [0.05, 0.1) is 30.0 Å². The van der Waals surface area contributed by atoms with Crippen LogP contribution in [0.15, 0.2) is 119 Å². The van der Waals surface area contributed by atoms with Crippen LogP contribution in [-0.2, 0) is 26.1 Å². The van der Waals surface area contributed by atoms with Gasteiger partial charge in [0, 0.05) is 34.5 Å². The lowest BCUT2D eigenvalue weighted by atomic mass is 9.91. The fourth-order valence-electron chi connectivity index (χ4n) is 5.74. The highest BCUT2D eigenvalue weighted by atomic mass is 32.2. The van der Waals surface area contributed by atoms with Crippen molar-refractivity contribution in [2.45, 2.75) is 42.1 Å². The van der Waals surface area contributed by atoms with E-state index in [0.717, 1.165) is 16.5 Å².